The van der Waals surface area contributed by atoms with Gasteiger partial charge in [0.05, 0.1) is 23.5 Å². The van der Waals surface area contributed by atoms with E-state index in [1.165, 1.54) is 16.9 Å². The van der Waals surface area contributed by atoms with Crippen LogP contribution in [0.2, 0.25) is 0 Å². The van der Waals surface area contributed by atoms with E-state index in [1.807, 2.05) is 24.3 Å². The van der Waals surface area contributed by atoms with E-state index in [4.69, 9.17) is 0 Å². The van der Waals surface area contributed by atoms with Crippen molar-refractivity contribution in [3.8, 4) is 0 Å². The van der Waals surface area contributed by atoms with Gasteiger partial charge >= 0.3 is 5.82 Å². The highest BCUT2D eigenvalue weighted by Crippen LogP contribution is 2.23. The van der Waals surface area contributed by atoms with Crippen molar-refractivity contribution >= 4 is 11.7 Å². The molecule has 0 bridgehead atoms. The summed E-state index contributed by atoms with van der Waals surface area (Å²) in [4.78, 5) is 21.8. The van der Waals surface area contributed by atoms with Gasteiger partial charge in [0.25, 0.3) is 0 Å². The quantitative estimate of drug-likeness (QED) is 0.613. The lowest BCUT2D eigenvalue weighted by Gasteiger charge is -2.20. The maximum Gasteiger partial charge on any atom is 0.389 e. The number of aliphatic hydroxyl groups excluding tert-OH is 1. The Morgan fingerprint density at radius 2 is 1.96 bits per heavy atom. The molecule has 0 radical (unpaired) electrons. The van der Waals surface area contributed by atoms with Crippen LogP contribution in [0.1, 0.15) is 38.0 Å². The zero-order valence-electron chi connectivity index (χ0n) is 14.5. The number of nitrogens with zero attached hydrogens (tertiary/aromatic N) is 3. The number of carbonyl (C=O) groups excluding carboxylic acids is 1. The highest BCUT2D eigenvalue weighted by molar-refractivity contribution is 5.75. The van der Waals surface area contributed by atoms with Crippen LogP contribution in [0.3, 0.4) is 0 Å². The van der Waals surface area contributed by atoms with Crippen LogP contribution in [0, 0.1) is 10.1 Å². The van der Waals surface area contributed by atoms with Gasteiger partial charge in [-0.3, -0.25) is 4.79 Å². The largest absolute Gasteiger partial charge is 0.389 e. The summed E-state index contributed by atoms with van der Waals surface area (Å²) in [5.41, 5.74) is 1.90. The fourth-order valence-electron chi connectivity index (χ4n) is 2.27. The second-order valence-electron chi connectivity index (χ2n) is 6.82. The number of carbonyl (C=O) groups is 1. The summed E-state index contributed by atoms with van der Waals surface area (Å²) >= 11 is 0. The predicted molar refractivity (Wildman–Crippen MR) is 92.0 cm³/mol. The van der Waals surface area contributed by atoms with E-state index in [0.29, 0.717) is 5.56 Å². The number of rotatable bonds is 6. The van der Waals surface area contributed by atoms with Gasteiger partial charge in [-0.25, -0.2) is 0 Å². The van der Waals surface area contributed by atoms with Crippen LogP contribution in [0.15, 0.2) is 36.5 Å². The topological polar surface area (TPSA) is 110 Å². The van der Waals surface area contributed by atoms with Crippen molar-refractivity contribution in [3.63, 3.8) is 0 Å². The van der Waals surface area contributed by atoms with Crippen molar-refractivity contribution in [2.24, 2.45) is 0 Å². The van der Waals surface area contributed by atoms with E-state index in [2.05, 4.69) is 31.2 Å². The fourth-order valence-corrected chi connectivity index (χ4v) is 2.27. The number of nitrogens with one attached hydrogen (secondary N) is 1. The predicted octanol–water partition coefficient (Wildman–Crippen LogP) is 1.94. The first-order valence-corrected chi connectivity index (χ1v) is 7.90. The van der Waals surface area contributed by atoms with Gasteiger partial charge in [-0.05, 0) is 21.5 Å². The molecule has 1 atom stereocenters. The molecule has 1 aromatic heterocycles. The second kappa shape index (κ2) is 7.43. The van der Waals surface area contributed by atoms with E-state index in [1.54, 1.807) is 0 Å². The number of benzene rings is 1. The molecule has 2 N–H and O–H groups in total. The summed E-state index contributed by atoms with van der Waals surface area (Å²) in [6, 6.07) is 8.83. The minimum absolute atomic E-state index is 0.0318. The second-order valence-corrected chi connectivity index (χ2v) is 6.82. The van der Waals surface area contributed by atoms with Gasteiger partial charge in [-0.1, -0.05) is 45.0 Å². The summed E-state index contributed by atoms with van der Waals surface area (Å²) in [6.45, 7) is 6.23. The van der Waals surface area contributed by atoms with Gasteiger partial charge in [0.15, 0.2) is 0 Å². The molecular weight excluding hydrogens is 324 g/mol. The first-order valence-electron chi connectivity index (χ1n) is 7.90. The van der Waals surface area contributed by atoms with Crippen LogP contribution in [0.4, 0.5) is 5.82 Å². The smallest absolute Gasteiger partial charge is 0.387 e. The summed E-state index contributed by atoms with van der Waals surface area (Å²) in [5, 5.41) is 27.0. The van der Waals surface area contributed by atoms with Crippen molar-refractivity contribution in [2.45, 2.75) is 38.8 Å². The van der Waals surface area contributed by atoms with E-state index in [0.717, 1.165) is 5.56 Å². The van der Waals surface area contributed by atoms with Crippen LogP contribution in [0.25, 0.3) is 0 Å². The third-order valence-corrected chi connectivity index (χ3v) is 3.77. The third kappa shape index (κ3) is 5.12. The monoisotopic (exact) mass is 346 g/mol. The summed E-state index contributed by atoms with van der Waals surface area (Å²) in [6.07, 6.45) is 0.532. The number of aromatic nitrogens is 2. The Morgan fingerprint density at radius 3 is 2.48 bits per heavy atom. The molecule has 1 amide bonds. The van der Waals surface area contributed by atoms with Gasteiger partial charge in [0.2, 0.25) is 5.91 Å². The Balaban J connectivity index is 1.87. The van der Waals surface area contributed by atoms with Crippen LogP contribution < -0.4 is 5.32 Å². The first kappa shape index (κ1) is 18.6. The third-order valence-electron chi connectivity index (χ3n) is 3.77. The van der Waals surface area contributed by atoms with Crippen molar-refractivity contribution in [3.05, 3.63) is 57.8 Å². The molecule has 1 unspecified atom stereocenters. The minimum atomic E-state index is -0.829. The zero-order chi connectivity index (χ0) is 18.6. The fraction of sp³-hybridized carbons (Fsp3) is 0.412. The Bertz CT molecular complexity index is 747. The summed E-state index contributed by atoms with van der Waals surface area (Å²) in [5.74, 6) is -0.699. The molecule has 8 nitrogen and oxygen atoms in total. The number of aliphatic hydroxyl groups is 1. The molecule has 2 aromatic rings. The van der Waals surface area contributed by atoms with E-state index in [9.17, 15) is 20.0 Å². The number of hydrogen-bond donors (Lipinski definition) is 2. The van der Waals surface area contributed by atoms with Gasteiger partial charge in [-0.2, -0.15) is 4.68 Å². The Kier molecular flexibility index (Phi) is 5.53. The molecule has 1 heterocycles. The molecule has 0 aliphatic heterocycles. The van der Waals surface area contributed by atoms with Crippen LogP contribution >= 0.6 is 0 Å². The molecule has 25 heavy (non-hydrogen) atoms. The zero-order valence-corrected chi connectivity index (χ0v) is 14.5. The molecule has 0 aliphatic rings. The minimum Gasteiger partial charge on any atom is -0.387 e. The summed E-state index contributed by atoms with van der Waals surface area (Å²) < 4.78 is 1.18. The lowest BCUT2D eigenvalue weighted by molar-refractivity contribution is -0.389. The SMILES string of the molecule is CC(C)(C)c1ccc(C(O)CNC(=O)Cn2ccc([N+](=O)[O-])n2)cc1. The standard InChI is InChI=1S/C17H22N4O4/c1-17(2,3)13-6-4-12(5-7-13)14(22)10-18-16(23)11-20-9-8-15(19-20)21(24)25/h4-9,14,22H,10-11H2,1-3H3,(H,18,23). The molecule has 0 aliphatic carbocycles. The highest BCUT2D eigenvalue weighted by atomic mass is 16.6. The maximum absolute atomic E-state index is 11.9. The van der Waals surface area contributed by atoms with Crippen molar-refractivity contribution in [2.75, 3.05) is 6.54 Å². The molecule has 0 fully saturated rings. The molecular formula is C17H22N4O4. The highest BCUT2D eigenvalue weighted by Gasteiger charge is 2.16. The average Bonchev–Trinajstić information content (AvgIpc) is 3.00. The Labute approximate surface area is 145 Å². The average molecular weight is 346 g/mol. The lowest BCUT2D eigenvalue weighted by Crippen LogP contribution is -2.31. The maximum atomic E-state index is 11.9. The van der Waals surface area contributed by atoms with E-state index < -0.39 is 11.0 Å². The van der Waals surface area contributed by atoms with Crippen molar-refractivity contribution in [1.82, 2.24) is 15.1 Å². The molecule has 0 saturated heterocycles. The number of amides is 1. The molecule has 8 heteroatoms. The molecule has 0 spiro atoms. The first-order chi connectivity index (χ1) is 11.7. The van der Waals surface area contributed by atoms with Crippen LogP contribution in [-0.2, 0) is 16.8 Å². The number of nitro groups is 1. The van der Waals surface area contributed by atoms with Gasteiger partial charge < -0.3 is 20.5 Å². The molecule has 1 aromatic carbocycles. The van der Waals surface area contributed by atoms with Crippen molar-refractivity contribution < 1.29 is 14.8 Å². The van der Waals surface area contributed by atoms with Crippen molar-refractivity contribution in [1.29, 1.82) is 0 Å². The van der Waals surface area contributed by atoms with Crippen LogP contribution in [0.5, 0.6) is 0 Å². The lowest BCUT2D eigenvalue weighted by atomic mass is 9.86. The van der Waals surface area contributed by atoms with Gasteiger partial charge in [-0.15, -0.1) is 0 Å². The van der Waals surface area contributed by atoms with E-state index >= 15 is 0 Å². The summed E-state index contributed by atoms with van der Waals surface area (Å²) in [7, 11) is 0. The van der Waals surface area contributed by atoms with Gasteiger partial charge in [0, 0.05) is 6.54 Å². The molecule has 0 saturated carbocycles. The number of hydrogen-bond acceptors (Lipinski definition) is 5. The van der Waals surface area contributed by atoms with E-state index in [-0.39, 0.29) is 30.2 Å². The molecule has 2 rings (SSSR count). The Morgan fingerprint density at radius 1 is 1.32 bits per heavy atom. The molecule has 134 valence electrons. The normalized spacial score (nSPS) is 12.6. The van der Waals surface area contributed by atoms with Gasteiger partial charge in [0.1, 0.15) is 6.54 Å². The Hall–Kier alpha value is -2.74. The van der Waals surface area contributed by atoms with Crippen LogP contribution in [-0.4, -0.2) is 32.3 Å².